The lowest BCUT2D eigenvalue weighted by Crippen LogP contribution is -1.88. The van der Waals surface area contributed by atoms with Crippen LogP contribution in [0.25, 0.3) is 5.78 Å². The van der Waals surface area contributed by atoms with Crippen LogP contribution in [0.5, 0.6) is 0 Å². The van der Waals surface area contributed by atoms with Crippen LogP contribution in [0.4, 0.5) is 5.82 Å². The lowest BCUT2D eigenvalue weighted by molar-refractivity contribution is 1.07. The molecule has 4 nitrogen and oxygen atoms in total. The van der Waals surface area contributed by atoms with Gasteiger partial charge in [0.25, 0.3) is 0 Å². The van der Waals surface area contributed by atoms with E-state index in [0.717, 1.165) is 5.69 Å². The first-order valence-corrected chi connectivity index (χ1v) is 3.33. The lowest BCUT2D eigenvalue weighted by atomic mass is 10.5. The van der Waals surface area contributed by atoms with Gasteiger partial charge in [-0.3, -0.25) is 4.40 Å². The molecule has 0 aliphatic rings. The summed E-state index contributed by atoms with van der Waals surface area (Å²) in [4.78, 5) is 8.17. The van der Waals surface area contributed by atoms with Crippen molar-refractivity contribution < 1.29 is 0 Å². The van der Waals surface area contributed by atoms with Crippen molar-refractivity contribution in [3.63, 3.8) is 0 Å². The number of fused-ring (bicyclic) bond motifs is 1. The molecule has 0 radical (unpaired) electrons. The first-order valence-electron chi connectivity index (χ1n) is 3.33. The highest BCUT2D eigenvalue weighted by Gasteiger charge is 1.97. The molecule has 0 fully saturated rings. The van der Waals surface area contributed by atoms with Crippen LogP contribution < -0.4 is 5.73 Å². The summed E-state index contributed by atoms with van der Waals surface area (Å²) in [5.74, 6) is 1.16. The van der Waals surface area contributed by atoms with Gasteiger partial charge in [0.1, 0.15) is 5.82 Å². The molecule has 2 N–H and O–H groups in total. The number of nitrogen functional groups attached to an aromatic ring is 1. The maximum atomic E-state index is 5.47. The topological polar surface area (TPSA) is 56.2 Å². The Hall–Kier alpha value is -1.58. The lowest BCUT2D eigenvalue weighted by Gasteiger charge is -1.91. The number of anilines is 1. The zero-order valence-electron chi connectivity index (χ0n) is 6.15. The highest BCUT2D eigenvalue weighted by molar-refractivity contribution is 5.40. The standard InChI is InChI=1S/C7H8N4/c1-5-2-3-11-4-6(8)10-7(11)9-5/h2-4H,8H2,1H3. The Kier molecular flexibility index (Phi) is 1.09. The van der Waals surface area contributed by atoms with Gasteiger partial charge in [0, 0.05) is 11.9 Å². The third-order valence-corrected chi connectivity index (χ3v) is 1.48. The van der Waals surface area contributed by atoms with Crippen LogP contribution >= 0.6 is 0 Å². The highest BCUT2D eigenvalue weighted by atomic mass is 15.1. The van der Waals surface area contributed by atoms with Gasteiger partial charge in [-0.2, -0.15) is 4.98 Å². The van der Waals surface area contributed by atoms with Crippen LogP contribution in [0.1, 0.15) is 5.69 Å². The fraction of sp³-hybridized carbons (Fsp3) is 0.143. The number of nitrogens with two attached hydrogens (primary N) is 1. The predicted octanol–water partition coefficient (Wildman–Crippen LogP) is 0.620. The number of hydrogen-bond donors (Lipinski definition) is 1. The Labute approximate surface area is 63.7 Å². The van der Waals surface area contributed by atoms with Crippen molar-refractivity contribution in [2.24, 2.45) is 0 Å². The Bertz CT molecular complexity index is 390. The second kappa shape index (κ2) is 1.95. The summed E-state index contributed by atoms with van der Waals surface area (Å²) in [5, 5.41) is 0. The average molecular weight is 148 g/mol. The third-order valence-electron chi connectivity index (χ3n) is 1.48. The number of nitrogens with zero attached hydrogens (tertiary/aromatic N) is 3. The van der Waals surface area contributed by atoms with E-state index in [1.807, 2.05) is 19.2 Å². The van der Waals surface area contributed by atoms with Crippen LogP contribution in [0, 0.1) is 6.92 Å². The van der Waals surface area contributed by atoms with Crippen LogP contribution in [-0.4, -0.2) is 14.4 Å². The van der Waals surface area contributed by atoms with Gasteiger partial charge in [-0.05, 0) is 13.0 Å². The molecule has 0 aliphatic carbocycles. The molecule has 0 saturated carbocycles. The van der Waals surface area contributed by atoms with Crippen molar-refractivity contribution in [2.75, 3.05) is 5.73 Å². The molecule has 2 rings (SSSR count). The van der Waals surface area contributed by atoms with Crippen LogP contribution in [-0.2, 0) is 0 Å². The minimum Gasteiger partial charge on any atom is -0.382 e. The second-order valence-corrected chi connectivity index (χ2v) is 2.44. The first kappa shape index (κ1) is 6.15. The summed E-state index contributed by atoms with van der Waals surface area (Å²) in [7, 11) is 0. The molecule has 0 amide bonds. The monoisotopic (exact) mass is 148 g/mol. The van der Waals surface area contributed by atoms with Crippen LogP contribution in [0.2, 0.25) is 0 Å². The second-order valence-electron chi connectivity index (χ2n) is 2.44. The summed E-state index contributed by atoms with van der Waals surface area (Å²) in [6, 6.07) is 1.91. The molecule has 2 aromatic heterocycles. The molecule has 0 spiro atoms. The molecule has 4 heteroatoms. The van der Waals surface area contributed by atoms with Gasteiger partial charge < -0.3 is 5.73 Å². The summed E-state index contributed by atoms with van der Waals surface area (Å²) in [5.41, 5.74) is 6.42. The number of aryl methyl sites for hydroxylation is 1. The quantitative estimate of drug-likeness (QED) is 0.595. The molecule has 2 heterocycles. The molecule has 0 bridgehead atoms. The van der Waals surface area contributed by atoms with Gasteiger partial charge in [0.15, 0.2) is 0 Å². The zero-order chi connectivity index (χ0) is 7.84. The largest absolute Gasteiger partial charge is 0.382 e. The Morgan fingerprint density at radius 2 is 2.27 bits per heavy atom. The third kappa shape index (κ3) is 0.920. The number of rotatable bonds is 0. The fourth-order valence-electron chi connectivity index (χ4n) is 0.978. The molecule has 0 aromatic carbocycles. The smallest absolute Gasteiger partial charge is 0.235 e. The fourth-order valence-corrected chi connectivity index (χ4v) is 0.978. The van der Waals surface area contributed by atoms with E-state index in [2.05, 4.69) is 9.97 Å². The van der Waals surface area contributed by atoms with Gasteiger partial charge in [0.05, 0.1) is 6.20 Å². The molecule has 11 heavy (non-hydrogen) atoms. The summed E-state index contributed by atoms with van der Waals surface area (Å²) < 4.78 is 1.79. The molecular formula is C7H8N4. The van der Waals surface area contributed by atoms with E-state index in [4.69, 9.17) is 5.73 Å². The molecule has 0 saturated heterocycles. The van der Waals surface area contributed by atoms with Crippen molar-refractivity contribution in [1.82, 2.24) is 14.4 Å². The maximum absolute atomic E-state index is 5.47. The summed E-state index contributed by atoms with van der Waals surface area (Å²) in [6.45, 7) is 1.92. The Morgan fingerprint density at radius 1 is 1.45 bits per heavy atom. The summed E-state index contributed by atoms with van der Waals surface area (Å²) in [6.07, 6.45) is 3.63. The van der Waals surface area contributed by atoms with E-state index in [-0.39, 0.29) is 0 Å². The minimum atomic E-state index is 0.503. The van der Waals surface area contributed by atoms with Crippen LogP contribution in [0.15, 0.2) is 18.5 Å². The summed E-state index contributed by atoms with van der Waals surface area (Å²) >= 11 is 0. The van der Waals surface area contributed by atoms with E-state index in [1.54, 1.807) is 10.6 Å². The average Bonchev–Trinajstić information content (AvgIpc) is 2.27. The first-order chi connectivity index (χ1) is 5.25. The molecule has 0 aliphatic heterocycles. The maximum Gasteiger partial charge on any atom is 0.235 e. The number of imidazole rings is 1. The van der Waals surface area contributed by atoms with Gasteiger partial charge in [-0.25, -0.2) is 4.98 Å². The van der Waals surface area contributed by atoms with E-state index in [0.29, 0.717) is 11.6 Å². The van der Waals surface area contributed by atoms with E-state index in [1.165, 1.54) is 0 Å². The number of hydrogen-bond acceptors (Lipinski definition) is 3. The van der Waals surface area contributed by atoms with Crippen molar-refractivity contribution >= 4 is 11.6 Å². The van der Waals surface area contributed by atoms with Crippen molar-refractivity contribution in [2.45, 2.75) is 6.92 Å². The van der Waals surface area contributed by atoms with Crippen molar-refractivity contribution in [3.8, 4) is 0 Å². The highest BCUT2D eigenvalue weighted by Crippen LogP contribution is 2.03. The Balaban J connectivity index is 2.82. The SMILES string of the molecule is Cc1ccn2cc(N)nc2n1. The van der Waals surface area contributed by atoms with Gasteiger partial charge in [-0.1, -0.05) is 0 Å². The van der Waals surface area contributed by atoms with E-state index >= 15 is 0 Å². The van der Waals surface area contributed by atoms with E-state index < -0.39 is 0 Å². The normalized spacial score (nSPS) is 10.6. The number of aromatic nitrogens is 3. The molecule has 0 unspecified atom stereocenters. The van der Waals surface area contributed by atoms with E-state index in [9.17, 15) is 0 Å². The minimum absolute atomic E-state index is 0.503. The van der Waals surface area contributed by atoms with Crippen molar-refractivity contribution in [1.29, 1.82) is 0 Å². The zero-order valence-corrected chi connectivity index (χ0v) is 6.15. The van der Waals surface area contributed by atoms with Gasteiger partial charge >= 0.3 is 0 Å². The molecular weight excluding hydrogens is 140 g/mol. The van der Waals surface area contributed by atoms with Crippen LogP contribution in [0.3, 0.4) is 0 Å². The molecule has 56 valence electrons. The van der Waals surface area contributed by atoms with Gasteiger partial charge in [0.2, 0.25) is 5.78 Å². The molecule has 0 atom stereocenters. The van der Waals surface area contributed by atoms with Crippen molar-refractivity contribution in [3.05, 3.63) is 24.2 Å². The predicted molar refractivity (Wildman–Crippen MR) is 42.1 cm³/mol. The van der Waals surface area contributed by atoms with Gasteiger partial charge in [-0.15, -0.1) is 0 Å². The molecule has 2 aromatic rings. The Morgan fingerprint density at radius 3 is 3.09 bits per heavy atom.